The molecule has 0 aliphatic rings. The van der Waals surface area contributed by atoms with Crippen molar-refractivity contribution in [3.8, 4) is 0 Å². The molecule has 94 valence electrons. The van der Waals surface area contributed by atoms with Crippen LogP contribution in [0.2, 0.25) is 0 Å². The maximum atomic E-state index is 8.79. The van der Waals surface area contributed by atoms with Crippen molar-refractivity contribution in [2.45, 2.75) is 13.3 Å². The number of aliphatic hydroxyl groups is 1. The van der Waals surface area contributed by atoms with Crippen LogP contribution in [0.5, 0.6) is 0 Å². The van der Waals surface area contributed by atoms with Crippen molar-refractivity contribution in [1.82, 2.24) is 4.98 Å². The normalized spacial score (nSPS) is 10.1. The van der Waals surface area contributed by atoms with Crippen LogP contribution < -0.4 is 4.90 Å². The highest BCUT2D eigenvalue weighted by atomic mass is 16.5. The Bertz CT molecular complexity index is 366. The number of hydrogen-bond donors (Lipinski definition) is 1. The molecule has 0 fully saturated rings. The second kappa shape index (κ2) is 6.91. The molecule has 0 atom stereocenters. The molecule has 0 aliphatic carbocycles. The highest BCUT2D eigenvalue weighted by molar-refractivity contribution is 5.56. The van der Waals surface area contributed by atoms with Crippen LogP contribution in [-0.2, 0) is 4.74 Å². The van der Waals surface area contributed by atoms with E-state index >= 15 is 0 Å². The largest absolute Gasteiger partial charge is 0.492 e. The summed E-state index contributed by atoms with van der Waals surface area (Å²) in [5, 5.41) is 8.79. The van der Waals surface area contributed by atoms with Gasteiger partial charge in [-0.25, -0.2) is 4.98 Å². The summed E-state index contributed by atoms with van der Waals surface area (Å²) in [6, 6.07) is 5.73. The smallest absolute Gasteiger partial charge is 0.137 e. The van der Waals surface area contributed by atoms with Gasteiger partial charge >= 0.3 is 0 Å². The van der Waals surface area contributed by atoms with E-state index in [-0.39, 0.29) is 6.61 Å². The topological polar surface area (TPSA) is 45.6 Å². The van der Waals surface area contributed by atoms with Crippen molar-refractivity contribution < 1.29 is 9.84 Å². The molecule has 0 aromatic carbocycles. The third-order valence-electron chi connectivity index (χ3n) is 2.38. The summed E-state index contributed by atoms with van der Waals surface area (Å²) >= 11 is 0. The molecule has 0 radical (unpaired) electrons. The molecule has 0 aliphatic heterocycles. The molecule has 0 saturated carbocycles. The molecule has 1 rings (SSSR count). The lowest BCUT2D eigenvalue weighted by Crippen LogP contribution is -2.20. The fraction of sp³-hybridized carbons (Fsp3) is 0.462. The first-order valence-corrected chi connectivity index (χ1v) is 5.80. The van der Waals surface area contributed by atoms with Gasteiger partial charge in [-0.3, -0.25) is 0 Å². The third-order valence-corrected chi connectivity index (χ3v) is 2.38. The van der Waals surface area contributed by atoms with E-state index in [0.29, 0.717) is 12.4 Å². The van der Waals surface area contributed by atoms with E-state index in [0.717, 1.165) is 24.5 Å². The molecule has 0 bridgehead atoms. The molecule has 1 aromatic rings. The van der Waals surface area contributed by atoms with Crippen molar-refractivity contribution in [3.05, 3.63) is 30.5 Å². The van der Waals surface area contributed by atoms with Gasteiger partial charge in [0.05, 0.1) is 6.61 Å². The van der Waals surface area contributed by atoms with E-state index in [9.17, 15) is 0 Å². The van der Waals surface area contributed by atoms with Gasteiger partial charge in [0.1, 0.15) is 17.3 Å². The lowest BCUT2D eigenvalue weighted by atomic mass is 10.3. The number of aromatic nitrogens is 1. The van der Waals surface area contributed by atoms with Crippen LogP contribution in [0.25, 0.3) is 5.76 Å². The Morgan fingerprint density at radius 3 is 2.94 bits per heavy atom. The van der Waals surface area contributed by atoms with Crippen LogP contribution in [0.4, 0.5) is 5.82 Å². The highest BCUT2D eigenvalue weighted by Gasteiger charge is 2.05. The van der Waals surface area contributed by atoms with Gasteiger partial charge in [-0.15, -0.1) is 0 Å². The van der Waals surface area contributed by atoms with Gasteiger partial charge in [0.15, 0.2) is 0 Å². The van der Waals surface area contributed by atoms with Crippen LogP contribution in [0.15, 0.2) is 24.8 Å². The van der Waals surface area contributed by atoms with E-state index in [4.69, 9.17) is 9.84 Å². The molecular formula is C13H20N2O2. The Balaban J connectivity index is 2.74. The van der Waals surface area contributed by atoms with Gasteiger partial charge in [0, 0.05) is 20.2 Å². The fourth-order valence-corrected chi connectivity index (χ4v) is 1.46. The van der Waals surface area contributed by atoms with Crippen LogP contribution in [0.3, 0.4) is 0 Å². The van der Waals surface area contributed by atoms with Gasteiger partial charge in [0.25, 0.3) is 0 Å². The average Bonchev–Trinajstić information content (AvgIpc) is 2.36. The molecule has 0 saturated heterocycles. The zero-order chi connectivity index (χ0) is 12.7. The summed E-state index contributed by atoms with van der Waals surface area (Å²) in [5.41, 5.74) is 0.750. The number of rotatable bonds is 7. The maximum absolute atomic E-state index is 8.79. The van der Waals surface area contributed by atoms with E-state index in [1.165, 1.54) is 0 Å². The molecule has 0 spiro atoms. The Labute approximate surface area is 103 Å². The summed E-state index contributed by atoms with van der Waals surface area (Å²) < 4.78 is 5.33. The van der Waals surface area contributed by atoms with Crippen molar-refractivity contribution in [2.24, 2.45) is 0 Å². The summed E-state index contributed by atoms with van der Waals surface area (Å²) in [5.74, 6) is 1.45. The van der Waals surface area contributed by atoms with Gasteiger partial charge in [0.2, 0.25) is 0 Å². The van der Waals surface area contributed by atoms with Crippen molar-refractivity contribution in [1.29, 1.82) is 0 Å². The predicted octanol–water partition coefficient (Wildman–Crippen LogP) is 1.91. The first-order valence-electron chi connectivity index (χ1n) is 5.80. The van der Waals surface area contributed by atoms with E-state index in [2.05, 4.69) is 11.6 Å². The molecule has 1 heterocycles. The molecule has 4 nitrogen and oxygen atoms in total. The zero-order valence-electron chi connectivity index (χ0n) is 10.5. The van der Waals surface area contributed by atoms with E-state index in [1.807, 2.05) is 37.1 Å². The molecular weight excluding hydrogens is 216 g/mol. The average molecular weight is 236 g/mol. The van der Waals surface area contributed by atoms with Gasteiger partial charge in [-0.05, 0) is 25.5 Å². The minimum absolute atomic E-state index is 0.190. The van der Waals surface area contributed by atoms with Gasteiger partial charge in [-0.2, -0.15) is 0 Å². The lowest BCUT2D eigenvalue weighted by Gasteiger charge is -2.18. The summed E-state index contributed by atoms with van der Waals surface area (Å²) in [4.78, 5) is 6.46. The van der Waals surface area contributed by atoms with Gasteiger partial charge < -0.3 is 14.7 Å². The second-order valence-corrected chi connectivity index (χ2v) is 3.74. The molecule has 1 N–H and O–H groups in total. The molecule has 1 aromatic heterocycles. The fourth-order valence-electron chi connectivity index (χ4n) is 1.46. The molecule has 0 unspecified atom stereocenters. The Morgan fingerprint density at radius 2 is 2.29 bits per heavy atom. The van der Waals surface area contributed by atoms with Crippen LogP contribution >= 0.6 is 0 Å². The van der Waals surface area contributed by atoms with Crippen molar-refractivity contribution in [2.75, 3.05) is 31.7 Å². The Kier molecular flexibility index (Phi) is 5.49. The summed E-state index contributed by atoms with van der Waals surface area (Å²) in [6.45, 7) is 7.30. The molecule has 17 heavy (non-hydrogen) atoms. The summed E-state index contributed by atoms with van der Waals surface area (Å²) in [6.07, 6.45) is 0.731. The zero-order valence-corrected chi connectivity index (χ0v) is 10.5. The van der Waals surface area contributed by atoms with Crippen molar-refractivity contribution in [3.63, 3.8) is 0 Å². The Hall–Kier alpha value is -1.55. The quantitative estimate of drug-likeness (QED) is 0.735. The second-order valence-electron chi connectivity index (χ2n) is 3.74. The number of anilines is 1. The predicted molar refractivity (Wildman–Crippen MR) is 69.9 cm³/mol. The standard InChI is InChI=1S/C13H20N2O2/c1-4-17-11(2)12-7-5-8-13(14-12)15(3)9-6-10-16/h5,7-8,16H,2,4,6,9-10H2,1,3H3. The first kappa shape index (κ1) is 13.5. The van der Waals surface area contributed by atoms with E-state index in [1.54, 1.807) is 0 Å². The first-order chi connectivity index (χ1) is 8.19. The van der Waals surface area contributed by atoms with Gasteiger partial charge in [-0.1, -0.05) is 12.6 Å². The number of pyridine rings is 1. The molecule has 4 heteroatoms. The summed E-state index contributed by atoms with van der Waals surface area (Å²) in [7, 11) is 1.95. The third kappa shape index (κ3) is 4.07. The number of hydrogen-bond acceptors (Lipinski definition) is 4. The number of ether oxygens (including phenoxy) is 1. The molecule has 0 amide bonds. The maximum Gasteiger partial charge on any atom is 0.137 e. The minimum Gasteiger partial charge on any atom is -0.492 e. The monoisotopic (exact) mass is 236 g/mol. The number of nitrogens with zero attached hydrogens (tertiary/aromatic N) is 2. The Morgan fingerprint density at radius 1 is 1.53 bits per heavy atom. The van der Waals surface area contributed by atoms with Crippen LogP contribution in [0.1, 0.15) is 19.0 Å². The lowest BCUT2D eigenvalue weighted by molar-refractivity contribution is 0.290. The van der Waals surface area contributed by atoms with Crippen LogP contribution in [-0.4, -0.2) is 36.9 Å². The SMILES string of the molecule is C=C(OCC)c1cccc(N(C)CCCO)n1. The van der Waals surface area contributed by atoms with E-state index < -0.39 is 0 Å². The van der Waals surface area contributed by atoms with Crippen LogP contribution in [0, 0.1) is 0 Å². The number of aliphatic hydroxyl groups excluding tert-OH is 1. The van der Waals surface area contributed by atoms with Crippen molar-refractivity contribution >= 4 is 11.6 Å². The highest BCUT2D eigenvalue weighted by Crippen LogP contribution is 2.16. The minimum atomic E-state index is 0.190.